The second-order valence-electron chi connectivity index (χ2n) is 2.73. The predicted molar refractivity (Wildman–Crippen MR) is 50.5 cm³/mol. The first-order chi connectivity index (χ1) is 5.81. The van der Waals surface area contributed by atoms with E-state index in [0.717, 1.165) is 19.8 Å². The Hall–Kier alpha value is -0.120. The molecule has 3 heteroatoms. The summed E-state index contributed by atoms with van der Waals surface area (Å²) >= 11 is 0. The average molecular weight is 175 g/mol. The van der Waals surface area contributed by atoms with Crippen LogP contribution in [0, 0.1) is 0 Å². The monoisotopic (exact) mass is 175 g/mol. The predicted octanol–water partition coefficient (Wildman–Crippen LogP) is 1.04. The van der Waals surface area contributed by atoms with Gasteiger partial charge in [-0.3, -0.25) is 0 Å². The van der Waals surface area contributed by atoms with E-state index >= 15 is 0 Å². The van der Waals surface area contributed by atoms with Crippen molar-refractivity contribution in [3.05, 3.63) is 0 Å². The Labute approximate surface area is 75.4 Å². The van der Waals surface area contributed by atoms with Crippen molar-refractivity contribution in [2.45, 2.75) is 26.8 Å². The Bertz CT molecular complexity index is 88.6. The van der Waals surface area contributed by atoms with E-state index in [-0.39, 0.29) is 0 Å². The number of hydrogen-bond acceptors (Lipinski definition) is 3. The molecule has 1 N–H and O–H groups in total. The van der Waals surface area contributed by atoms with Gasteiger partial charge >= 0.3 is 0 Å². The summed E-state index contributed by atoms with van der Waals surface area (Å²) in [6.07, 6.45) is 0. The quantitative estimate of drug-likeness (QED) is 0.559. The van der Waals surface area contributed by atoms with Crippen LogP contribution in [0.15, 0.2) is 0 Å². The first-order valence-electron chi connectivity index (χ1n) is 4.70. The van der Waals surface area contributed by atoms with Gasteiger partial charge in [-0.05, 0) is 20.4 Å². The molecule has 0 amide bonds. The van der Waals surface area contributed by atoms with Crippen molar-refractivity contribution in [3.63, 3.8) is 0 Å². The normalized spacial score (nSPS) is 13.2. The van der Waals surface area contributed by atoms with Crippen molar-refractivity contribution >= 4 is 0 Å². The van der Waals surface area contributed by atoms with E-state index in [1.165, 1.54) is 0 Å². The summed E-state index contributed by atoms with van der Waals surface area (Å²) in [6, 6.07) is 0.441. The molecule has 1 unspecified atom stereocenters. The highest BCUT2D eigenvalue weighted by molar-refractivity contribution is 4.55. The van der Waals surface area contributed by atoms with Crippen LogP contribution in [-0.2, 0) is 9.47 Å². The highest BCUT2D eigenvalue weighted by atomic mass is 16.5. The molecule has 74 valence electrons. The minimum absolute atomic E-state index is 0.441. The van der Waals surface area contributed by atoms with E-state index in [1.54, 1.807) is 0 Å². The Balaban J connectivity index is 2.97. The first kappa shape index (κ1) is 11.9. The summed E-state index contributed by atoms with van der Waals surface area (Å²) in [5, 5.41) is 3.27. The van der Waals surface area contributed by atoms with Gasteiger partial charge in [0.25, 0.3) is 0 Å². The molecule has 0 aromatic heterocycles. The third-order valence-corrected chi connectivity index (χ3v) is 1.50. The van der Waals surface area contributed by atoms with Crippen molar-refractivity contribution in [3.8, 4) is 0 Å². The fraction of sp³-hybridized carbons (Fsp3) is 1.00. The molecule has 0 aliphatic carbocycles. The topological polar surface area (TPSA) is 30.5 Å². The molecular weight excluding hydrogens is 154 g/mol. The van der Waals surface area contributed by atoms with E-state index in [9.17, 15) is 0 Å². The standard InChI is InChI=1S/C9H21NO2/c1-4-10-9(3)8-12-7-6-11-5-2/h9-10H,4-8H2,1-3H3. The van der Waals surface area contributed by atoms with E-state index in [2.05, 4.69) is 19.2 Å². The lowest BCUT2D eigenvalue weighted by Gasteiger charge is -2.12. The van der Waals surface area contributed by atoms with E-state index < -0.39 is 0 Å². The van der Waals surface area contributed by atoms with Crippen LogP contribution in [0.5, 0.6) is 0 Å². The van der Waals surface area contributed by atoms with Gasteiger partial charge in [0.1, 0.15) is 0 Å². The van der Waals surface area contributed by atoms with Gasteiger partial charge in [-0.1, -0.05) is 6.92 Å². The zero-order chi connectivity index (χ0) is 9.23. The maximum atomic E-state index is 5.36. The molecule has 0 aliphatic heterocycles. The molecule has 0 aliphatic rings. The van der Waals surface area contributed by atoms with Crippen molar-refractivity contribution < 1.29 is 9.47 Å². The van der Waals surface area contributed by atoms with Gasteiger partial charge in [-0.2, -0.15) is 0 Å². The lowest BCUT2D eigenvalue weighted by Crippen LogP contribution is -2.30. The summed E-state index contributed by atoms with van der Waals surface area (Å²) < 4.78 is 10.5. The van der Waals surface area contributed by atoms with Gasteiger partial charge in [-0.15, -0.1) is 0 Å². The van der Waals surface area contributed by atoms with Gasteiger partial charge < -0.3 is 14.8 Å². The van der Waals surface area contributed by atoms with Gasteiger partial charge in [0.15, 0.2) is 0 Å². The molecule has 0 aromatic rings. The third kappa shape index (κ3) is 7.98. The maximum Gasteiger partial charge on any atom is 0.0701 e. The minimum atomic E-state index is 0.441. The van der Waals surface area contributed by atoms with Crippen LogP contribution < -0.4 is 5.32 Å². The zero-order valence-corrected chi connectivity index (χ0v) is 8.43. The number of ether oxygens (including phenoxy) is 2. The van der Waals surface area contributed by atoms with Crippen LogP contribution >= 0.6 is 0 Å². The average Bonchev–Trinajstić information content (AvgIpc) is 2.05. The largest absolute Gasteiger partial charge is 0.379 e. The lowest BCUT2D eigenvalue weighted by atomic mass is 10.4. The molecule has 0 aromatic carbocycles. The van der Waals surface area contributed by atoms with Crippen LogP contribution in [-0.4, -0.2) is 39.0 Å². The zero-order valence-electron chi connectivity index (χ0n) is 8.43. The summed E-state index contributed by atoms with van der Waals surface area (Å²) in [7, 11) is 0. The van der Waals surface area contributed by atoms with Gasteiger partial charge in [0.2, 0.25) is 0 Å². The molecular formula is C9H21NO2. The molecule has 1 atom stereocenters. The highest BCUT2D eigenvalue weighted by Crippen LogP contribution is 1.84. The fourth-order valence-corrected chi connectivity index (χ4v) is 0.930. The molecule has 0 radical (unpaired) electrons. The summed E-state index contributed by atoms with van der Waals surface area (Å²) in [6.45, 7) is 10.1. The van der Waals surface area contributed by atoms with E-state index in [4.69, 9.17) is 9.47 Å². The van der Waals surface area contributed by atoms with E-state index in [1.807, 2.05) is 6.92 Å². The Kier molecular flexibility index (Phi) is 8.88. The molecule has 0 bridgehead atoms. The van der Waals surface area contributed by atoms with Gasteiger partial charge in [0, 0.05) is 12.6 Å². The Morgan fingerprint density at radius 1 is 1.17 bits per heavy atom. The molecule has 0 fully saturated rings. The van der Waals surface area contributed by atoms with Crippen LogP contribution in [0.25, 0.3) is 0 Å². The smallest absolute Gasteiger partial charge is 0.0701 e. The van der Waals surface area contributed by atoms with Gasteiger partial charge in [0.05, 0.1) is 19.8 Å². The van der Waals surface area contributed by atoms with Crippen molar-refractivity contribution in [1.82, 2.24) is 5.32 Å². The summed E-state index contributed by atoms with van der Waals surface area (Å²) in [5.74, 6) is 0. The molecule has 0 rings (SSSR count). The lowest BCUT2D eigenvalue weighted by molar-refractivity contribution is 0.0455. The van der Waals surface area contributed by atoms with Crippen LogP contribution in [0.3, 0.4) is 0 Å². The number of likely N-dealkylation sites (N-methyl/N-ethyl adjacent to an activating group) is 1. The first-order valence-corrected chi connectivity index (χ1v) is 4.70. The second-order valence-corrected chi connectivity index (χ2v) is 2.73. The Morgan fingerprint density at radius 2 is 1.83 bits per heavy atom. The maximum absolute atomic E-state index is 5.36. The van der Waals surface area contributed by atoms with E-state index in [0.29, 0.717) is 19.3 Å². The van der Waals surface area contributed by atoms with Crippen molar-refractivity contribution in [2.75, 3.05) is 33.0 Å². The van der Waals surface area contributed by atoms with Crippen LogP contribution in [0.1, 0.15) is 20.8 Å². The van der Waals surface area contributed by atoms with Crippen LogP contribution in [0.4, 0.5) is 0 Å². The molecule has 0 spiro atoms. The third-order valence-electron chi connectivity index (χ3n) is 1.50. The molecule has 0 saturated heterocycles. The number of hydrogen-bond donors (Lipinski definition) is 1. The summed E-state index contributed by atoms with van der Waals surface area (Å²) in [5.41, 5.74) is 0. The fourth-order valence-electron chi connectivity index (χ4n) is 0.930. The summed E-state index contributed by atoms with van der Waals surface area (Å²) in [4.78, 5) is 0. The molecule has 0 saturated carbocycles. The molecule has 0 heterocycles. The molecule has 12 heavy (non-hydrogen) atoms. The van der Waals surface area contributed by atoms with Crippen molar-refractivity contribution in [1.29, 1.82) is 0 Å². The number of rotatable bonds is 8. The van der Waals surface area contributed by atoms with Crippen molar-refractivity contribution in [2.24, 2.45) is 0 Å². The van der Waals surface area contributed by atoms with Crippen LogP contribution in [0.2, 0.25) is 0 Å². The minimum Gasteiger partial charge on any atom is -0.379 e. The molecule has 3 nitrogen and oxygen atoms in total. The second kappa shape index (κ2) is 8.97. The number of nitrogens with one attached hydrogen (secondary N) is 1. The van der Waals surface area contributed by atoms with Gasteiger partial charge in [-0.25, -0.2) is 0 Å². The SMILES string of the molecule is CCNC(C)COCCOCC. The highest BCUT2D eigenvalue weighted by Gasteiger charge is 1.97. The Morgan fingerprint density at radius 3 is 2.42 bits per heavy atom.